The van der Waals surface area contributed by atoms with E-state index in [0.29, 0.717) is 6.42 Å². The van der Waals surface area contributed by atoms with E-state index in [1.165, 1.54) is 7.11 Å². The predicted molar refractivity (Wildman–Crippen MR) is 54.6 cm³/mol. The number of nitrogens with one attached hydrogen (secondary N) is 1. The standard InChI is InChI=1S/C8H15NO4S/c1-3-14-5-4-6(7(10)13-2)9-8(11)12/h6,9H,3-5H2,1-2H3,(H,11,12)/t6-/m0/s1. The van der Waals surface area contributed by atoms with Crippen molar-refractivity contribution >= 4 is 23.8 Å². The lowest BCUT2D eigenvalue weighted by Gasteiger charge is -2.13. The average Bonchev–Trinajstić information content (AvgIpc) is 2.15. The minimum Gasteiger partial charge on any atom is -0.467 e. The Labute approximate surface area is 87.2 Å². The second-order valence-electron chi connectivity index (χ2n) is 2.51. The molecule has 0 heterocycles. The SMILES string of the molecule is CCSCC[C@H](NC(=O)O)C(=O)OC. The number of carbonyl (C=O) groups is 2. The maximum absolute atomic E-state index is 11.1. The van der Waals surface area contributed by atoms with Gasteiger partial charge < -0.3 is 15.2 Å². The summed E-state index contributed by atoms with van der Waals surface area (Å²) in [5.74, 6) is 1.14. The van der Waals surface area contributed by atoms with Crippen LogP contribution in [0, 0.1) is 0 Å². The van der Waals surface area contributed by atoms with E-state index in [1.807, 2.05) is 6.92 Å². The molecule has 5 nitrogen and oxygen atoms in total. The summed E-state index contributed by atoms with van der Waals surface area (Å²) in [6, 6.07) is -0.753. The van der Waals surface area contributed by atoms with Crippen molar-refractivity contribution in [1.82, 2.24) is 5.32 Å². The first kappa shape index (κ1) is 13.1. The first-order valence-corrected chi connectivity index (χ1v) is 5.42. The molecule has 0 saturated heterocycles. The van der Waals surface area contributed by atoms with E-state index in [4.69, 9.17) is 5.11 Å². The van der Waals surface area contributed by atoms with Gasteiger partial charge in [-0.25, -0.2) is 9.59 Å². The van der Waals surface area contributed by atoms with Crippen LogP contribution in [-0.2, 0) is 9.53 Å². The van der Waals surface area contributed by atoms with Crippen LogP contribution >= 0.6 is 11.8 Å². The summed E-state index contributed by atoms with van der Waals surface area (Å²) in [6.07, 6.45) is -0.751. The molecule has 0 spiro atoms. The number of carbonyl (C=O) groups excluding carboxylic acids is 1. The van der Waals surface area contributed by atoms with Crippen molar-refractivity contribution in [3.05, 3.63) is 0 Å². The van der Waals surface area contributed by atoms with E-state index in [0.717, 1.165) is 11.5 Å². The van der Waals surface area contributed by atoms with Crippen LogP contribution in [0.1, 0.15) is 13.3 Å². The fourth-order valence-electron chi connectivity index (χ4n) is 0.886. The summed E-state index contributed by atoms with van der Waals surface area (Å²) in [4.78, 5) is 21.4. The lowest BCUT2D eigenvalue weighted by molar-refractivity contribution is -0.143. The van der Waals surface area contributed by atoms with Crippen LogP contribution in [0.15, 0.2) is 0 Å². The highest BCUT2D eigenvalue weighted by Gasteiger charge is 2.20. The van der Waals surface area contributed by atoms with E-state index < -0.39 is 18.1 Å². The van der Waals surface area contributed by atoms with Gasteiger partial charge in [0.1, 0.15) is 6.04 Å². The van der Waals surface area contributed by atoms with E-state index in [1.54, 1.807) is 11.8 Å². The number of esters is 1. The van der Waals surface area contributed by atoms with Crippen molar-refractivity contribution in [2.24, 2.45) is 0 Å². The molecule has 0 radical (unpaired) electrons. The van der Waals surface area contributed by atoms with Gasteiger partial charge in [-0.3, -0.25) is 0 Å². The van der Waals surface area contributed by atoms with Gasteiger partial charge in [-0.1, -0.05) is 6.92 Å². The molecule has 14 heavy (non-hydrogen) atoms. The summed E-state index contributed by atoms with van der Waals surface area (Å²) < 4.78 is 4.47. The Kier molecular flexibility index (Phi) is 7.00. The number of methoxy groups -OCH3 is 1. The molecule has 0 aliphatic heterocycles. The molecular formula is C8H15NO4S. The number of rotatable bonds is 6. The molecule has 0 aromatic carbocycles. The molecule has 0 bridgehead atoms. The van der Waals surface area contributed by atoms with E-state index >= 15 is 0 Å². The number of amides is 1. The highest BCUT2D eigenvalue weighted by Crippen LogP contribution is 2.05. The summed E-state index contributed by atoms with van der Waals surface area (Å²) >= 11 is 1.65. The summed E-state index contributed by atoms with van der Waals surface area (Å²) in [6.45, 7) is 2.00. The minimum atomic E-state index is -1.21. The second kappa shape index (κ2) is 7.49. The van der Waals surface area contributed by atoms with Crippen LogP contribution in [-0.4, -0.2) is 41.8 Å². The van der Waals surface area contributed by atoms with Crippen LogP contribution in [0.4, 0.5) is 4.79 Å². The third-order valence-corrected chi connectivity index (χ3v) is 2.47. The first-order valence-electron chi connectivity index (χ1n) is 4.26. The molecule has 1 amide bonds. The fourth-order valence-corrected chi connectivity index (χ4v) is 1.58. The molecule has 0 aromatic heterocycles. The number of ether oxygens (including phenoxy) is 1. The first-order chi connectivity index (χ1) is 6.61. The molecule has 0 fully saturated rings. The lowest BCUT2D eigenvalue weighted by Crippen LogP contribution is -2.41. The quantitative estimate of drug-likeness (QED) is 0.515. The number of hydrogen-bond acceptors (Lipinski definition) is 4. The number of thioether (sulfide) groups is 1. The van der Waals surface area contributed by atoms with E-state index in [-0.39, 0.29) is 0 Å². The van der Waals surface area contributed by atoms with Gasteiger partial charge in [0.05, 0.1) is 7.11 Å². The van der Waals surface area contributed by atoms with Crippen LogP contribution in [0.2, 0.25) is 0 Å². The van der Waals surface area contributed by atoms with E-state index in [2.05, 4.69) is 10.1 Å². The molecular weight excluding hydrogens is 206 g/mol. The molecule has 0 aliphatic carbocycles. The summed E-state index contributed by atoms with van der Waals surface area (Å²) in [5, 5.41) is 10.6. The van der Waals surface area contributed by atoms with Crippen LogP contribution in [0.3, 0.4) is 0 Å². The normalized spacial score (nSPS) is 11.9. The van der Waals surface area contributed by atoms with Crippen molar-refractivity contribution in [2.45, 2.75) is 19.4 Å². The Bertz CT molecular complexity index is 198. The minimum absolute atomic E-state index is 0.456. The Morgan fingerprint density at radius 2 is 2.21 bits per heavy atom. The van der Waals surface area contributed by atoms with Gasteiger partial charge in [0.2, 0.25) is 0 Å². The zero-order valence-corrected chi connectivity index (χ0v) is 9.10. The topological polar surface area (TPSA) is 75.6 Å². The Morgan fingerprint density at radius 1 is 1.57 bits per heavy atom. The number of carboxylic acid groups (broad SMARTS) is 1. The van der Waals surface area contributed by atoms with Crippen molar-refractivity contribution in [1.29, 1.82) is 0 Å². The van der Waals surface area contributed by atoms with Crippen molar-refractivity contribution < 1.29 is 19.4 Å². The Balaban J connectivity index is 3.97. The highest BCUT2D eigenvalue weighted by molar-refractivity contribution is 7.99. The maximum Gasteiger partial charge on any atom is 0.405 e. The molecule has 2 N–H and O–H groups in total. The molecule has 82 valence electrons. The highest BCUT2D eigenvalue weighted by atomic mass is 32.2. The summed E-state index contributed by atoms with van der Waals surface area (Å²) in [7, 11) is 1.24. The predicted octanol–water partition coefficient (Wildman–Crippen LogP) is 0.939. The third kappa shape index (κ3) is 5.69. The van der Waals surface area contributed by atoms with Gasteiger partial charge in [-0.15, -0.1) is 0 Å². The van der Waals surface area contributed by atoms with E-state index in [9.17, 15) is 9.59 Å². The molecule has 0 aromatic rings. The fraction of sp³-hybridized carbons (Fsp3) is 0.750. The molecule has 0 unspecified atom stereocenters. The van der Waals surface area contributed by atoms with Gasteiger partial charge in [-0.05, 0) is 17.9 Å². The van der Waals surface area contributed by atoms with Crippen molar-refractivity contribution in [3.8, 4) is 0 Å². The Hall–Kier alpha value is -0.910. The largest absolute Gasteiger partial charge is 0.467 e. The van der Waals surface area contributed by atoms with Crippen molar-refractivity contribution in [3.63, 3.8) is 0 Å². The van der Waals surface area contributed by atoms with Gasteiger partial charge in [0, 0.05) is 0 Å². The van der Waals surface area contributed by atoms with Gasteiger partial charge in [-0.2, -0.15) is 11.8 Å². The molecule has 0 saturated carbocycles. The lowest BCUT2D eigenvalue weighted by atomic mass is 10.2. The van der Waals surface area contributed by atoms with Crippen LogP contribution in [0.25, 0.3) is 0 Å². The van der Waals surface area contributed by atoms with Gasteiger partial charge in [0.15, 0.2) is 0 Å². The zero-order chi connectivity index (χ0) is 11.0. The maximum atomic E-state index is 11.1. The van der Waals surface area contributed by atoms with Gasteiger partial charge >= 0.3 is 12.1 Å². The smallest absolute Gasteiger partial charge is 0.405 e. The van der Waals surface area contributed by atoms with Gasteiger partial charge in [0.25, 0.3) is 0 Å². The Morgan fingerprint density at radius 3 is 2.64 bits per heavy atom. The number of hydrogen-bond donors (Lipinski definition) is 2. The monoisotopic (exact) mass is 221 g/mol. The third-order valence-electron chi connectivity index (χ3n) is 1.54. The second-order valence-corrected chi connectivity index (χ2v) is 3.90. The molecule has 0 rings (SSSR count). The van der Waals surface area contributed by atoms with Crippen LogP contribution < -0.4 is 5.32 Å². The van der Waals surface area contributed by atoms with Crippen LogP contribution in [0.5, 0.6) is 0 Å². The molecule has 0 aliphatic rings. The molecule has 1 atom stereocenters. The summed E-state index contributed by atoms with van der Waals surface area (Å²) in [5.41, 5.74) is 0. The zero-order valence-electron chi connectivity index (χ0n) is 8.28. The molecule has 6 heteroatoms. The average molecular weight is 221 g/mol. The van der Waals surface area contributed by atoms with Crippen molar-refractivity contribution in [2.75, 3.05) is 18.6 Å².